The fraction of sp³-hybridized carbons (Fsp3) is 0.100. The molecule has 1 aromatic carbocycles. The molecule has 0 aliphatic heterocycles. The van der Waals surface area contributed by atoms with E-state index in [1.807, 2.05) is 24.3 Å². The minimum absolute atomic E-state index is 0.587. The van der Waals surface area contributed by atoms with Crippen molar-refractivity contribution in [2.45, 2.75) is 6.61 Å². The van der Waals surface area contributed by atoms with E-state index in [1.54, 1.807) is 0 Å². The molecule has 1 nitrogen and oxygen atoms in total. The second-order valence-electron chi connectivity index (χ2n) is 2.29. The molecule has 57 valence electrons. The fourth-order valence-corrected chi connectivity index (χ4v) is 0.791. The molecule has 0 N–H and O–H groups in total. The molecule has 11 heavy (non-hydrogen) atoms. The summed E-state index contributed by atoms with van der Waals surface area (Å²) in [7, 11) is 0. The van der Waals surface area contributed by atoms with E-state index in [4.69, 9.17) is 4.74 Å². The van der Waals surface area contributed by atoms with E-state index in [9.17, 15) is 0 Å². The molecule has 0 saturated carbocycles. The normalized spacial score (nSPS) is 9.18. The third-order valence-corrected chi connectivity index (χ3v) is 1.39. The van der Waals surface area contributed by atoms with Crippen LogP contribution in [0.15, 0.2) is 37.1 Å². The average molecular weight is 147 g/mol. The van der Waals surface area contributed by atoms with E-state index < -0.39 is 0 Å². The molecule has 0 aliphatic rings. The quantitative estimate of drug-likeness (QED) is 0.597. The van der Waals surface area contributed by atoms with Crippen LogP contribution in [0, 0.1) is 6.92 Å². The number of benzene rings is 1. The molecule has 0 unspecified atom stereocenters. The summed E-state index contributed by atoms with van der Waals surface area (Å²) in [6.45, 7) is 7.83. The molecule has 0 aliphatic carbocycles. The predicted octanol–water partition coefficient (Wildman–Crippen LogP) is 2.53. The summed E-state index contributed by atoms with van der Waals surface area (Å²) < 4.78 is 5.00. The van der Waals surface area contributed by atoms with E-state index in [2.05, 4.69) is 13.5 Å². The summed E-state index contributed by atoms with van der Waals surface area (Å²) in [5.41, 5.74) is 2.16. The lowest BCUT2D eigenvalue weighted by Crippen LogP contribution is -1.85. The molecule has 0 atom stereocenters. The van der Waals surface area contributed by atoms with Gasteiger partial charge in [-0.1, -0.05) is 30.8 Å². The molecule has 0 fully saturated rings. The van der Waals surface area contributed by atoms with E-state index in [0.717, 1.165) is 11.1 Å². The summed E-state index contributed by atoms with van der Waals surface area (Å²) in [6.07, 6.45) is 1.44. The van der Waals surface area contributed by atoms with Crippen molar-refractivity contribution in [1.82, 2.24) is 0 Å². The molecule has 0 heterocycles. The van der Waals surface area contributed by atoms with E-state index >= 15 is 0 Å². The van der Waals surface area contributed by atoms with Gasteiger partial charge in [-0.15, -0.1) is 0 Å². The molecule has 0 saturated heterocycles. The van der Waals surface area contributed by atoms with Crippen molar-refractivity contribution in [3.63, 3.8) is 0 Å². The van der Waals surface area contributed by atoms with Crippen LogP contribution in [0.25, 0.3) is 0 Å². The van der Waals surface area contributed by atoms with Crippen LogP contribution in [0.2, 0.25) is 0 Å². The lowest BCUT2D eigenvalue weighted by Gasteiger charge is -2.00. The first-order valence-electron chi connectivity index (χ1n) is 3.46. The Kier molecular flexibility index (Phi) is 2.73. The SMILES string of the molecule is [CH2]c1ccc(COC=C)cc1. The van der Waals surface area contributed by atoms with Crippen molar-refractivity contribution in [2.24, 2.45) is 0 Å². The van der Waals surface area contributed by atoms with Crippen molar-refractivity contribution < 1.29 is 4.74 Å². The average Bonchev–Trinajstić information content (AvgIpc) is 2.04. The van der Waals surface area contributed by atoms with Gasteiger partial charge in [0.2, 0.25) is 0 Å². The van der Waals surface area contributed by atoms with Gasteiger partial charge in [-0.3, -0.25) is 0 Å². The first-order valence-corrected chi connectivity index (χ1v) is 3.46. The van der Waals surface area contributed by atoms with E-state index in [0.29, 0.717) is 6.61 Å². The molecule has 1 heteroatoms. The highest BCUT2D eigenvalue weighted by atomic mass is 16.5. The molecular formula is C10H11O. The van der Waals surface area contributed by atoms with E-state index in [-0.39, 0.29) is 0 Å². The summed E-state index contributed by atoms with van der Waals surface area (Å²) in [5, 5.41) is 0. The van der Waals surface area contributed by atoms with Crippen molar-refractivity contribution >= 4 is 0 Å². The van der Waals surface area contributed by atoms with Gasteiger partial charge in [-0.05, 0) is 18.1 Å². The third-order valence-electron chi connectivity index (χ3n) is 1.39. The Bertz CT molecular complexity index is 223. The predicted molar refractivity (Wildman–Crippen MR) is 45.9 cm³/mol. The topological polar surface area (TPSA) is 9.23 Å². The highest BCUT2D eigenvalue weighted by molar-refractivity contribution is 5.23. The third kappa shape index (κ3) is 2.46. The van der Waals surface area contributed by atoms with E-state index in [1.165, 1.54) is 6.26 Å². The maximum absolute atomic E-state index is 5.00. The zero-order chi connectivity index (χ0) is 8.10. The van der Waals surface area contributed by atoms with Gasteiger partial charge in [0.15, 0.2) is 0 Å². The highest BCUT2D eigenvalue weighted by Crippen LogP contribution is 2.03. The van der Waals surface area contributed by atoms with Crippen LogP contribution in [0.1, 0.15) is 11.1 Å². The molecule has 1 rings (SSSR count). The first kappa shape index (κ1) is 7.86. The number of hydrogen-bond donors (Lipinski definition) is 0. The smallest absolute Gasteiger partial charge is 0.112 e. The molecule has 1 radical (unpaired) electrons. The van der Waals surface area contributed by atoms with Crippen molar-refractivity contribution in [3.05, 3.63) is 55.2 Å². The number of hydrogen-bond acceptors (Lipinski definition) is 1. The summed E-state index contributed by atoms with van der Waals surface area (Å²) in [6, 6.07) is 7.90. The Morgan fingerprint density at radius 1 is 1.27 bits per heavy atom. The Balaban J connectivity index is 2.58. The van der Waals surface area contributed by atoms with Crippen molar-refractivity contribution in [3.8, 4) is 0 Å². The lowest BCUT2D eigenvalue weighted by molar-refractivity contribution is 0.237. The maximum atomic E-state index is 5.00. The van der Waals surface area contributed by atoms with Crippen LogP contribution in [0.5, 0.6) is 0 Å². The van der Waals surface area contributed by atoms with Crippen molar-refractivity contribution in [2.75, 3.05) is 0 Å². The molecule has 1 aromatic rings. The van der Waals surface area contributed by atoms with Crippen LogP contribution in [0.4, 0.5) is 0 Å². The minimum Gasteiger partial charge on any atom is -0.497 e. The maximum Gasteiger partial charge on any atom is 0.112 e. The van der Waals surface area contributed by atoms with Gasteiger partial charge >= 0.3 is 0 Å². The summed E-state index contributed by atoms with van der Waals surface area (Å²) in [5.74, 6) is 0. The zero-order valence-corrected chi connectivity index (χ0v) is 6.42. The first-order chi connectivity index (χ1) is 5.33. The minimum atomic E-state index is 0.587. The Morgan fingerprint density at radius 3 is 2.45 bits per heavy atom. The second-order valence-corrected chi connectivity index (χ2v) is 2.29. The van der Waals surface area contributed by atoms with Crippen LogP contribution in [-0.4, -0.2) is 0 Å². The van der Waals surface area contributed by atoms with Crippen LogP contribution < -0.4 is 0 Å². The Hall–Kier alpha value is -1.24. The monoisotopic (exact) mass is 147 g/mol. The lowest BCUT2D eigenvalue weighted by atomic mass is 10.2. The standard InChI is InChI=1S/C10H11O/c1-3-11-8-10-6-4-9(2)5-7-10/h3-7H,1-2,8H2. The van der Waals surface area contributed by atoms with Gasteiger partial charge in [0, 0.05) is 0 Å². The number of ether oxygens (including phenoxy) is 1. The highest BCUT2D eigenvalue weighted by Gasteiger charge is 1.89. The van der Waals surface area contributed by atoms with Gasteiger partial charge in [-0.25, -0.2) is 0 Å². The second kappa shape index (κ2) is 3.81. The summed E-state index contributed by atoms with van der Waals surface area (Å²) >= 11 is 0. The van der Waals surface area contributed by atoms with Crippen LogP contribution >= 0.6 is 0 Å². The zero-order valence-electron chi connectivity index (χ0n) is 6.42. The van der Waals surface area contributed by atoms with Gasteiger partial charge < -0.3 is 4.74 Å². The van der Waals surface area contributed by atoms with Gasteiger partial charge in [0.25, 0.3) is 0 Å². The van der Waals surface area contributed by atoms with Crippen LogP contribution in [0.3, 0.4) is 0 Å². The molecule has 0 aromatic heterocycles. The van der Waals surface area contributed by atoms with Gasteiger partial charge in [0.05, 0.1) is 6.26 Å². The number of rotatable bonds is 3. The largest absolute Gasteiger partial charge is 0.497 e. The molecule has 0 spiro atoms. The van der Waals surface area contributed by atoms with Crippen LogP contribution in [-0.2, 0) is 11.3 Å². The Morgan fingerprint density at radius 2 is 1.91 bits per heavy atom. The molecular weight excluding hydrogens is 136 g/mol. The Labute approximate surface area is 67.3 Å². The van der Waals surface area contributed by atoms with Crippen molar-refractivity contribution in [1.29, 1.82) is 0 Å². The van der Waals surface area contributed by atoms with Gasteiger partial charge in [-0.2, -0.15) is 0 Å². The summed E-state index contributed by atoms with van der Waals surface area (Å²) in [4.78, 5) is 0. The fourth-order valence-electron chi connectivity index (χ4n) is 0.791. The molecule has 0 bridgehead atoms. The molecule has 0 amide bonds. The van der Waals surface area contributed by atoms with Gasteiger partial charge in [0.1, 0.15) is 6.61 Å².